The quantitative estimate of drug-likeness (QED) is 0.338. The number of hydrogen-bond acceptors (Lipinski definition) is 2. The van der Waals surface area contributed by atoms with Crippen LogP contribution in [0.3, 0.4) is 0 Å². The van der Waals surface area contributed by atoms with E-state index in [1.54, 1.807) is 6.08 Å². The number of piperidine rings is 1. The van der Waals surface area contributed by atoms with Gasteiger partial charge in [0.05, 0.1) is 16.4 Å². The first-order valence-electron chi connectivity index (χ1n) is 11.4. The summed E-state index contributed by atoms with van der Waals surface area (Å²) in [5, 5.41) is 0.626. The lowest BCUT2D eigenvalue weighted by Gasteiger charge is -2.31. The summed E-state index contributed by atoms with van der Waals surface area (Å²) in [4.78, 5) is 19.7. The molecule has 0 spiro atoms. The minimum absolute atomic E-state index is 0.0455. The van der Waals surface area contributed by atoms with Crippen LogP contribution in [0.5, 0.6) is 0 Å². The minimum atomic E-state index is 0.0455. The molecule has 4 aromatic rings. The van der Waals surface area contributed by atoms with Crippen molar-refractivity contribution in [1.29, 1.82) is 0 Å². The number of imidazole rings is 1. The van der Waals surface area contributed by atoms with Crippen molar-refractivity contribution in [3.8, 4) is 11.3 Å². The highest BCUT2D eigenvalue weighted by atomic mass is 35.5. The van der Waals surface area contributed by atoms with Crippen molar-refractivity contribution in [3.63, 3.8) is 0 Å². The van der Waals surface area contributed by atoms with Gasteiger partial charge in [0, 0.05) is 30.9 Å². The van der Waals surface area contributed by atoms with E-state index in [0.717, 1.165) is 55.0 Å². The van der Waals surface area contributed by atoms with Crippen molar-refractivity contribution in [2.75, 3.05) is 13.1 Å². The van der Waals surface area contributed by atoms with Crippen molar-refractivity contribution in [2.45, 2.75) is 19.3 Å². The SMILES string of the molecule is O=C(/C=C/c1c(-c2ccccc2)nc2ccc(Cl)cn12)N1CCC(Cc2ccccc2)CC1. The monoisotopic (exact) mass is 455 g/mol. The number of nitrogens with zero attached hydrogens (tertiary/aromatic N) is 3. The van der Waals surface area contributed by atoms with E-state index in [0.29, 0.717) is 10.9 Å². The first-order chi connectivity index (χ1) is 16.2. The van der Waals surface area contributed by atoms with E-state index < -0.39 is 0 Å². The van der Waals surface area contributed by atoms with E-state index in [2.05, 4.69) is 30.3 Å². The number of aromatic nitrogens is 2. The van der Waals surface area contributed by atoms with Gasteiger partial charge < -0.3 is 4.90 Å². The van der Waals surface area contributed by atoms with Gasteiger partial charge in [0.15, 0.2) is 0 Å². The molecule has 166 valence electrons. The maximum absolute atomic E-state index is 13.0. The fourth-order valence-electron chi connectivity index (χ4n) is 4.57. The van der Waals surface area contributed by atoms with Crippen LogP contribution >= 0.6 is 11.6 Å². The number of carbonyl (C=O) groups excluding carboxylic acids is 1. The molecular weight excluding hydrogens is 430 g/mol. The lowest BCUT2D eigenvalue weighted by molar-refractivity contribution is -0.127. The third-order valence-corrected chi connectivity index (χ3v) is 6.57. The molecule has 0 unspecified atom stereocenters. The van der Waals surface area contributed by atoms with Crippen LogP contribution in [-0.2, 0) is 11.2 Å². The van der Waals surface area contributed by atoms with Crippen molar-refractivity contribution < 1.29 is 4.79 Å². The molecule has 0 saturated carbocycles. The highest BCUT2D eigenvalue weighted by molar-refractivity contribution is 6.30. The zero-order chi connectivity index (χ0) is 22.6. The zero-order valence-corrected chi connectivity index (χ0v) is 19.2. The van der Waals surface area contributed by atoms with E-state index >= 15 is 0 Å². The van der Waals surface area contributed by atoms with Crippen LogP contribution in [0.4, 0.5) is 0 Å². The molecule has 0 aliphatic carbocycles. The topological polar surface area (TPSA) is 37.6 Å². The second-order valence-corrected chi connectivity index (χ2v) is 9.02. The van der Waals surface area contributed by atoms with Gasteiger partial charge in [-0.2, -0.15) is 0 Å². The first kappa shape index (κ1) is 21.5. The Morgan fingerprint density at radius 1 is 0.970 bits per heavy atom. The molecule has 1 aliphatic rings. The standard InChI is InChI=1S/C28H26ClN3O/c29-24-11-13-26-30-28(23-9-5-2-6-10-23)25(32(26)20-24)12-14-27(33)31-17-15-22(16-18-31)19-21-7-3-1-4-8-21/h1-14,20,22H,15-19H2/b14-12+. The Labute approximate surface area is 199 Å². The third-order valence-electron chi connectivity index (χ3n) is 6.34. The average Bonchev–Trinajstić information content (AvgIpc) is 3.22. The maximum Gasteiger partial charge on any atom is 0.246 e. The lowest BCUT2D eigenvalue weighted by Crippen LogP contribution is -2.37. The van der Waals surface area contributed by atoms with E-state index in [-0.39, 0.29) is 5.91 Å². The molecule has 0 radical (unpaired) electrons. The molecule has 3 heterocycles. The van der Waals surface area contributed by atoms with Crippen LogP contribution in [0.15, 0.2) is 85.1 Å². The zero-order valence-electron chi connectivity index (χ0n) is 18.4. The normalized spacial score (nSPS) is 14.9. The highest BCUT2D eigenvalue weighted by Gasteiger charge is 2.22. The molecule has 0 bridgehead atoms. The number of benzene rings is 2. The summed E-state index contributed by atoms with van der Waals surface area (Å²) in [7, 11) is 0. The predicted octanol–water partition coefficient (Wildman–Crippen LogP) is 6.15. The molecule has 1 saturated heterocycles. The van der Waals surface area contributed by atoms with Crippen LogP contribution in [0.2, 0.25) is 5.02 Å². The van der Waals surface area contributed by atoms with Crippen LogP contribution < -0.4 is 0 Å². The maximum atomic E-state index is 13.0. The number of pyridine rings is 1. The number of likely N-dealkylation sites (tertiary alicyclic amines) is 1. The summed E-state index contributed by atoms with van der Waals surface area (Å²) in [6.07, 6.45) is 8.55. The molecule has 1 fully saturated rings. The van der Waals surface area contributed by atoms with Gasteiger partial charge >= 0.3 is 0 Å². The molecule has 2 aromatic carbocycles. The molecule has 5 heteroatoms. The van der Waals surface area contributed by atoms with Crippen molar-refractivity contribution in [1.82, 2.24) is 14.3 Å². The molecule has 0 N–H and O–H groups in total. The molecule has 2 aromatic heterocycles. The fraction of sp³-hybridized carbons (Fsp3) is 0.214. The van der Waals surface area contributed by atoms with Gasteiger partial charge in [0.25, 0.3) is 0 Å². The van der Waals surface area contributed by atoms with E-state index in [9.17, 15) is 4.79 Å². The van der Waals surface area contributed by atoms with Gasteiger partial charge in [0.1, 0.15) is 5.65 Å². The van der Waals surface area contributed by atoms with Crippen molar-refractivity contribution in [3.05, 3.63) is 101 Å². The van der Waals surface area contributed by atoms with Gasteiger partial charge in [-0.1, -0.05) is 72.3 Å². The van der Waals surface area contributed by atoms with Gasteiger partial charge in [-0.3, -0.25) is 9.20 Å². The van der Waals surface area contributed by atoms with Crippen LogP contribution in [0.1, 0.15) is 24.1 Å². The minimum Gasteiger partial charge on any atom is -0.339 e. The van der Waals surface area contributed by atoms with Gasteiger partial charge in [0.2, 0.25) is 5.91 Å². The third kappa shape index (κ3) is 4.86. The van der Waals surface area contributed by atoms with Gasteiger partial charge in [-0.15, -0.1) is 0 Å². The Hall–Kier alpha value is -3.37. The van der Waals surface area contributed by atoms with Crippen LogP contribution in [0.25, 0.3) is 23.0 Å². The lowest BCUT2D eigenvalue weighted by atomic mass is 9.90. The number of amides is 1. The number of hydrogen-bond donors (Lipinski definition) is 0. The average molecular weight is 456 g/mol. The summed E-state index contributed by atoms with van der Waals surface area (Å²) < 4.78 is 1.94. The summed E-state index contributed by atoms with van der Waals surface area (Å²) in [6, 6.07) is 24.4. The highest BCUT2D eigenvalue weighted by Crippen LogP contribution is 2.27. The Morgan fingerprint density at radius 3 is 2.39 bits per heavy atom. The molecule has 1 amide bonds. The predicted molar refractivity (Wildman–Crippen MR) is 134 cm³/mol. The Balaban J connectivity index is 1.32. The second kappa shape index (κ2) is 9.63. The Kier molecular flexibility index (Phi) is 6.27. The molecule has 5 rings (SSSR count). The van der Waals surface area contributed by atoms with Crippen molar-refractivity contribution in [2.24, 2.45) is 5.92 Å². The Bertz CT molecular complexity index is 1270. The summed E-state index contributed by atoms with van der Waals surface area (Å²) in [6.45, 7) is 1.59. The fourth-order valence-corrected chi connectivity index (χ4v) is 4.73. The van der Waals surface area contributed by atoms with Gasteiger partial charge in [-0.05, 0) is 49.0 Å². The summed E-state index contributed by atoms with van der Waals surface area (Å²) in [5.74, 6) is 0.676. The van der Waals surface area contributed by atoms with Crippen LogP contribution in [0, 0.1) is 5.92 Å². The number of halogens is 1. The van der Waals surface area contributed by atoms with Crippen molar-refractivity contribution >= 4 is 29.2 Å². The molecular formula is C28H26ClN3O. The summed E-state index contributed by atoms with van der Waals surface area (Å²) >= 11 is 6.25. The number of fused-ring (bicyclic) bond motifs is 1. The second-order valence-electron chi connectivity index (χ2n) is 8.58. The van der Waals surface area contributed by atoms with E-state index in [1.165, 1.54) is 5.56 Å². The van der Waals surface area contributed by atoms with Crippen LogP contribution in [-0.4, -0.2) is 33.3 Å². The summed E-state index contributed by atoms with van der Waals surface area (Å²) in [5.41, 5.74) is 4.87. The Morgan fingerprint density at radius 2 is 1.67 bits per heavy atom. The number of rotatable bonds is 5. The molecule has 0 atom stereocenters. The first-order valence-corrected chi connectivity index (χ1v) is 11.8. The molecule has 1 aliphatic heterocycles. The molecule has 33 heavy (non-hydrogen) atoms. The van der Waals surface area contributed by atoms with Gasteiger partial charge in [-0.25, -0.2) is 4.98 Å². The van der Waals surface area contributed by atoms with E-state index in [1.807, 2.05) is 64.0 Å². The number of carbonyl (C=O) groups is 1. The van der Waals surface area contributed by atoms with E-state index in [4.69, 9.17) is 16.6 Å². The molecule has 4 nitrogen and oxygen atoms in total. The largest absolute Gasteiger partial charge is 0.339 e. The smallest absolute Gasteiger partial charge is 0.246 e.